The summed E-state index contributed by atoms with van der Waals surface area (Å²) < 4.78 is 0. The number of pyridine rings is 1. The highest BCUT2D eigenvalue weighted by atomic mass is 35.5. The number of anilines is 1. The zero-order chi connectivity index (χ0) is 16.9. The maximum atomic E-state index is 9.30. The summed E-state index contributed by atoms with van der Waals surface area (Å²) in [5.41, 5.74) is 1.81. The topological polar surface area (TPSA) is 43.2 Å². The molecule has 1 aliphatic heterocycles. The molecule has 2 aromatic rings. The van der Waals surface area contributed by atoms with Crippen molar-refractivity contribution in [3.05, 3.63) is 58.7 Å². The average molecular weight is 341 g/mol. The van der Waals surface area contributed by atoms with E-state index in [4.69, 9.17) is 11.6 Å². The zero-order valence-electron chi connectivity index (χ0n) is 13.8. The van der Waals surface area contributed by atoms with E-state index in [2.05, 4.69) is 33.8 Å². The lowest BCUT2D eigenvalue weighted by atomic mass is 10.1. The summed E-state index contributed by atoms with van der Waals surface area (Å²) in [6.45, 7) is 5.92. The smallest absolute Gasteiger partial charge is 0.146 e. The van der Waals surface area contributed by atoms with Crippen molar-refractivity contribution in [2.24, 2.45) is 0 Å². The van der Waals surface area contributed by atoms with Gasteiger partial charge in [0, 0.05) is 43.4 Å². The first kappa shape index (κ1) is 16.8. The second kappa shape index (κ2) is 7.65. The van der Waals surface area contributed by atoms with Crippen LogP contribution in [0.2, 0.25) is 5.02 Å². The van der Waals surface area contributed by atoms with Crippen molar-refractivity contribution in [1.82, 2.24) is 9.88 Å². The van der Waals surface area contributed by atoms with Gasteiger partial charge in [-0.3, -0.25) is 4.90 Å². The van der Waals surface area contributed by atoms with Crippen molar-refractivity contribution in [2.75, 3.05) is 31.1 Å². The lowest BCUT2D eigenvalue weighted by Crippen LogP contribution is -2.33. The van der Waals surface area contributed by atoms with Gasteiger partial charge in [0.25, 0.3) is 0 Å². The average Bonchev–Trinajstić information content (AvgIpc) is 2.87. The fourth-order valence-electron chi connectivity index (χ4n) is 3.28. The molecule has 0 saturated carbocycles. The fraction of sp³-hybridized carbons (Fsp3) is 0.368. The molecule has 0 bridgehead atoms. The standard InChI is InChI=1S/C19H21ClN4/c1-15(17-7-2-3-8-18(17)20)23-10-5-11-24(13-12-23)19-16(14-21)6-4-9-22-19/h2-4,6-9,15H,5,10-13H2,1H3. The van der Waals surface area contributed by atoms with Crippen molar-refractivity contribution in [2.45, 2.75) is 19.4 Å². The van der Waals surface area contributed by atoms with Gasteiger partial charge in [-0.25, -0.2) is 4.98 Å². The van der Waals surface area contributed by atoms with E-state index in [9.17, 15) is 5.26 Å². The quantitative estimate of drug-likeness (QED) is 0.850. The molecule has 4 nitrogen and oxygen atoms in total. The number of aromatic nitrogens is 1. The van der Waals surface area contributed by atoms with Crippen LogP contribution in [0.5, 0.6) is 0 Å². The molecule has 0 N–H and O–H groups in total. The van der Waals surface area contributed by atoms with Gasteiger partial charge in [0.2, 0.25) is 0 Å². The van der Waals surface area contributed by atoms with Gasteiger partial charge in [0.1, 0.15) is 11.9 Å². The highest BCUT2D eigenvalue weighted by Gasteiger charge is 2.23. The third-order valence-electron chi connectivity index (χ3n) is 4.64. The molecule has 1 unspecified atom stereocenters. The Hall–Kier alpha value is -2.09. The van der Waals surface area contributed by atoms with Gasteiger partial charge in [-0.05, 0) is 37.1 Å². The fourth-order valence-corrected chi connectivity index (χ4v) is 3.58. The maximum Gasteiger partial charge on any atom is 0.146 e. The second-order valence-corrected chi connectivity index (χ2v) is 6.47. The summed E-state index contributed by atoms with van der Waals surface area (Å²) in [5, 5.41) is 10.1. The Morgan fingerprint density at radius 1 is 1.12 bits per heavy atom. The molecular weight excluding hydrogens is 320 g/mol. The minimum Gasteiger partial charge on any atom is -0.354 e. The Balaban J connectivity index is 1.74. The number of nitrogens with zero attached hydrogens (tertiary/aromatic N) is 4. The molecular formula is C19H21ClN4. The van der Waals surface area contributed by atoms with Crippen molar-refractivity contribution in [1.29, 1.82) is 5.26 Å². The number of nitriles is 1. The van der Waals surface area contributed by atoms with E-state index in [1.54, 1.807) is 6.20 Å². The Morgan fingerprint density at radius 2 is 1.96 bits per heavy atom. The van der Waals surface area contributed by atoms with Crippen molar-refractivity contribution in [3.8, 4) is 6.07 Å². The van der Waals surface area contributed by atoms with Crippen molar-refractivity contribution in [3.63, 3.8) is 0 Å². The van der Waals surface area contributed by atoms with Crippen molar-refractivity contribution >= 4 is 17.4 Å². The lowest BCUT2D eigenvalue weighted by Gasteiger charge is -2.29. The van der Waals surface area contributed by atoms with Crippen LogP contribution in [0, 0.1) is 11.3 Å². The molecule has 3 rings (SSSR count). The molecule has 1 atom stereocenters. The number of halogens is 1. The molecule has 0 radical (unpaired) electrons. The number of benzene rings is 1. The van der Waals surface area contributed by atoms with E-state index >= 15 is 0 Å². The minimum atomic E-state index is 0.276. The first-order valence-corrected chi connectivity index (χ1v) is 8.67. The maximum absolute atomic E-state index is 9.30. The molecule has 24 heavy (non-hydrogen) atoms. The van der Waals surface area contributed by atoms with E-state index < -0.39 is 0 Å². The number of hydrogen-bond acceptors (Lipinski definition) is 4. The van der Waals surface area contributed by atoms with Crippen LogP contribution < -0.4 is 4.90 Å². The summed E-state index contributed by atoms with van der Waals surface area (Å²) in [7, 11) is 0. The van der Waals surface area contributed by atoms with Crippen LogP contribution in [0.25, 0.3) is 0 Å². The Bertz CT molecular complexity index is 740. The van der Waals surface area contributed by atoms with E-state index in [-0.39, 0.29) is 6.04 Å². The van der Waals surface area contributed by atoms with Crippen LogP contribution in [-0.4, -0.2) is 36.1 Å². The monoisotopic (exact) mass is 340 g/mol. The predicted molar refractivity (Wildman–Crippen MR) is 97.2 cm³/mol. The van der Waals surface area contributed by atoms with Crippen LogP contribution >= 0.6 is 11.6 Å². The van der Waals surface area contributed by atoms with Gasteiger partial charge < -0.3 is 4.90 Å². The van der Waals surface area contributed by atoms with Crippen LogP contribution in [-0.2, 0) is 0 Å². The largest absolute Gasteiger partial charge is 0.354 e. The van der Waals surface area contributed by atoms with Gasteiger partial charge in [0.05, 0.1) is 5.56 Å². The molecule has 1 aromatic heterocycles. The zero-order valence-corrected chi connectivity index (χ0v) is 14.6. The Labute approximate surface area is 148 Å². The van der Waals surface area contributed by atoms with Gasteiger partial charge >= 0.3 is 0 Å². The lowest BCUT2D eigenvalue weighted by molar-refractivity contribution is 0.226. The van der Waals surface area contributed by atoms with E-state index in [1.165, 1.54) is 5.56 Å². The van der Waals surface area contributed by atoms with Gasteiger partial charge in [-0.2, -0.15) is 5.26 Å². The van der Waals surface area contributed by atoms with E-state index in [0.717, 1.165) is 43.4 Å². The molecule has 2 heterocycles. The first-order chi connectivity index (χ1) is 11.7. The van der Waals surface area contributed by atoms with Crippen LogP contribution in [0.3, 0.4) is 0 Å². The predicted octanol–water partition coefficient (Wildman–Crippen LogP) is 3.88. The molecule has 1 aromatic carbocycles. The van der Waals surface area contributed by atoms with E-state index in [0.29, 0.717) is 5.56 Å². The highest BCUT2D eigenvalue weighted by molar-refractivity contribution is 6.31. The Kier molecular flexibility index (Phi) is 5.34. The van der Waals surface area contributed by atoms with Gasteiger partial charge in [-0.1, -0.05) is 29.8 Å². The summed E-state index contributed by atoms with van der Waals surface area (Å²) in [4.78, 5) is 9.10. The molecule has 1 saturated heterocycles. The summed E-state index contributed by atoms with van der Waals surface area (Å²) in [6.07, 6.45) is 2.79. The molecule has 1 fully saturated rings. The van der Waals surface area contributed by atoms with Crippen LogP contribution in [0.15, 0.2) is 42.6 Å². The van der Waals surface area contributed by atoms with Gasteiger partial charge in [-0.15, -0.1) is 0 Å². The summed E-state index contributed by atoms with van der Waals surface area (Å²) in [6, 6.07) is 14.2. The summed E-state index contributed by atoms with van der Waals surface area (Å²) in [5.74, 6) is 0.798. The number of rotatable bonds is 3. The molecule has 0 spiro atoms. The normalized spacial score (nSPS) is 17.1. The molecule has 5 heteroatoms. The van der Waals surface area contributed by atoms with Crippen LogP contribution in [0.4, 0.5) is 5.82 Å². The van der Waals surface area contributed by atoms with E-state index in [1.807, 2.05) is 30.3 Å². The highest BCUT2D eigenvalue weighted by Crippen LogP contribution is 2.28. The van der Waals surface area contributed by atoms with Crippen LogP contribution in [0.1, 0.15) is 30.5 Å². The molecule has 0 amide bonds. The molecule has 1 aliphatic rings. The Morgan fingerprint density at radius 3 is 2.75 bits per heavy atom. The molecule has 124 valence electrons. The molecule has 0 aliphatic carbocycles. The van der Waals surface area contributed by atoms with Gasteiger partial charge in [0.15, 0.2) is 0 Å². The summed E-state index contributed by atoms with van der Waals surface area (Å²) >= 11 is 6.36. The second-order valence-electron chi connectivity index (χ2n) is 6.06. The third kappa shape index (κ3) is 3.53. The number of hydrogen-bond donors (Lipinski definition) is 0. The SMILES string of the molecule is CC(c1ccccc1Cl)N1CCCN(c2ncccc2C#N)CC1. The third-order valence-corrected chi connectivity index (χ3v) is 4.98. The minimum absolute atomic E-state index is 0.276. The first-order valence-electron chi connectivity index (χ1n) is 8.29. The van der Waals surface area contributed by atoms with Crippen molar-refractivity contribution < 1.29 is 0 Å².